The van der Waals surface area contributed by atoms with Crippen molar-refractivity contribution in [2.75, 3.05) is 6.61 Å². The van der Waals surface area contributed by atoms with E-state index in [1.54, 1.807) is 6.07 Å². The molecule has 0 N–H and O–H groups in total. The Labute approximate surface area is 130 Å². The topological polar surface area (TPSA) is 31.2 Å². The fourth-order valence-corrected chi connectivity index (χ4v) is 2.65. The number of fused-ring (bicyclic) bond motifs is 1. The van der Waals surface area contributed by atoms with Gasteiger partial charge in [0.25, 0.3) is 0 Å². The summed E-state index contributed by atoms with van der Waals surface area (Å²) >= 11 is 3.42. The third-order valence-corrected chi connectivity index (χ3v) is 3.78. The van der Waals surface area contributed by atoms with Crippen LogP contribution in [0.1, 0.15) is 0 Å². The van der Waals surface area contributed by atoms with E-state index in [0.29, 0.717) is 13.2 Å². The summed E-state index contributed by atoms with van der Waals surface area (Å²) in [5.41, 5.74) is 0.984. The molecule has 4 heteroatoms. The number of hydrogen-bond acceptors (Lipinski definition) is 2. The number of pyridine rings is 1. The molecule has 0 amide bonds. The summed E-state index contributed by atoms with van der Waals surface area (Å²) in [5, 5.41) is 0.738. The Kier molecular flexibility index (Phi) is 4.06. The average molecular weight is 344 g/mol. The van der Waals surface area contributed by atoms with Crippen molar-refractivity contribution in [3.63, 3.8) is 0 Å². The predicted molar refractivity (Wildman–Crippen MR) is 87.8 cm³/mol. The van der Waals surface area contributed by atoms with Gasteiger partial charge in [0.15, 0.2) is 5.43 Å². The SMILES string of the molecule is O=c1ccn(CCOc2cccc(Br)c2)c2ccccc12. The molecule has 0 spiro atoms. The van der Waals surface area contributed by atoms with E-state index in [-0.39, 0.29) is 5.43 Å². The second-order valence-corrected chi connectivity index (χ2v) is 5.61. The van der Waals surface area contributed by atoms with E-state index in [2.05, 4.69) is 15.9 Å². The standard InChI is InChI=1S/C17H14BrNO2/c18-13-4-3-5-14(12-13)21-11-10-19-9-8-17(20)15-6-1-2-7-16(15)19/h1-9,12H,10-11H2. The highest BCUT2D eigenvalue weighted by atomic mass is 79.9. The van der Waals surface area contributed by atoms with Crippen LogP contribution in [0.2, 0.25) is 0 Å². The first-order valence-corrected chi connectivity index (χ1v) is 7.50. The van der Waals surface area contributed by atoms with E-state index in [1.165, 1.54) is 0 Å². The van der Waals surface area contributed by atoms with Gasteiger partial charge in [0.1, 0.15) is 12.4 Å². The summed E-state index contributed by atoms with van der Waals surface area (Å²) in [4.78, 5) is 11.8. The molecule has 2 aromatic carbocycles. The number of aromatic nitrogens is 1. The van der Waals surface area contributed by atoms with Crippen LogP contribution in [0.3, 0.4) is 0 Å². The molecule has 0 bridgehead atoms. The minimum atomic E-state index is 0.0507. The quantitative estimate of drug-likeness (QED) is 0.720. The van der Waals surface area contributed by atoms with E-state index in [4.69, 9.17) is 4.74 Å². The van der Waals surface area contributed by atoms with Crippen LogP contribution in [0.4, 0.5) is 0 Å². The molecule has 1 heterocycles. The molecule has 0 aliphatic heterocycles. The maximum atomic E-state index is 11.8. The lowest BCUT2D eigenvalue weighted by Crippen LogP contribution is -2.12. The molecule has 3 nitrogen and oxygen atoms in total. The first kappa shape index (κ1) is 13.9. The van der Waals surface area contributed by atoms with Crippen molar-refractivity contribution in [3.8, 4) is 5.75 Å². The lowest BCUT2D eigenvalue weighted by molar-refractivity contribution is 0.300. The van der Waals surface area contributed by atoms with Crippen LogP contribution in [-0.4, -0.2) is 11.2 Å². The molecule has 0 atom stereocenters. The van der Waals surface area contributed by atoms with Crippen molar-refractivity contribution in [1.29, 1.82) is 0 Å². The Morgan fingerprint density at radius 2 is 1.90 bits per heavy atom. The van der Waals surface area contributed by atoms with Crippen molar-refractivity contribution >= 4 is 26.8 Å². The number of halogens is 1. The van der Waals surface area contributed by atoms with Crippen LogP contribution in [0, 0.1) is 0 Å². The molecule has 0 unspecified atom stereocenters. The van der Waals surface area contributed by atoms with Crippen LogP contribution in [0.5, 0.6) is 5.75 Å². The van der Waals surface area contributed by atoms with Crippen LogP contribution in [-0.2, 0) is 6.54 Å². The highest BCUT2D eigenvalue weighted by Gasteiger charge is 2.02. The third kappa shape index (κ3) is 3.16. The van der Waals surface area contributed by atoms with Crippen LogP contribution in [0.15, 0.2) is 70.1 Å². The van der Waals surface area contributed by atoms with Gasteiger partial charge in [-0.1, -0.05) is 34.1 Å². The summed E-state index contributed by atoms with van der Waals surface area (Å²) < 4.78 is 8.77. The zero-order valence-corrected chi connectivity index (χ0v) is 12.9. The molecule has 3 aromatic rings. The summed E-state index contributed by atoms with van der Waals surface area (Å²) in [6, 6.07) is 17.0. The van der Waals surface area contributed by atoms with Gasteiger partial charge in [0.05, 0.1) is 12.1 Å². The van der Waals surface area contributed by atoms with Gasteiger partial charge in [-0.25, -0.2) is 0 Å². The van der Waals surface area contributed by atoms with Gasteiger partial charge in [-0.2, -0.15) is 0 Å². The zero-order chi connectivity index (χ0) is 14.7. The number of ether oxygens (including phenoxy) is 1. The van der Waals surface area contributed by atoms with E-state index in [1.807, 2.05) is 59.3 Å². The number of nitrogens with zero attached hydrogens (tertiary/aromatic N) is 1. The smallest absolute Gasteiger partial charge is 0.189 e. The van der Waals surface area contributed by atoms with Crippen LogP contribution in [0.25, 0.3) is 10.9 Å². The predicted octanol–water partition coefficient (Wildman–Crippen LogP) is 3.84. The normalized spacial score (nSPS) is 10.7. The molecule has 0 radical (unpaired) electrons. The van der Waals surface area contributed by atoms with Crippen molar-refractivity contribution in [3.05, 3.63) is 75.5 Å². The molecule has 0 fully saturated rings. The van der Waals surface area contributed by atoms with Crippen LogP contribution >= 0.6 is 15.9 Å². The molecule has 1 aromatic heterocycles. The van der Waals surface area contributed by atoms with Crippen molar-refractivity contribution < 1.29 is 4.74 Å². The van der Waals surface area contributed by atoms with E-state index >= 15 is 0 Å². The Hall–Kier alpha value is -2.07. The van der Waals surface area contributed by atoms with E-state index in [9.17, 15) is 4.79 Å². The Morgan fingerprint density at radius 1 is 1.05 bits per heavy atom. The minimum absolute atomic E-state index is 0.0507. The average Bonchev–Trinajstić information content (AvgIpc) is 2.50. The molecular weight excluding hydrogens is 330 g/mol. The summed E-state index contributed by atoms with van der Waals surface area (Å²) in [7, 11) is 0. The number of benzene rings is 2. The molecule has 21 heavy (non-hydrogen) atoms. The Balaban J connectivity index is 1.77. The second kappa shape index (κ2) is 6.14. The maximum Gasteiger partial charge on any atom is 0.189 e. The molecule has 0 aliphatic rings. The fourth-order valence-electron chi connectivity index (χ4n) is 2.27. The molecule has 0 saturated carbocycles. The first-order chi connectivity index (χ1) is 10.2. The highest BCUT2D eigenvalue weighted by molar-refractivity contribution is 9.10. The lowest BCUT2D eigenvalue weighted by Gasteiger charge is -2.11. The third-order valence-electron chi connectivity index (χ3n) is 3.28. The summed E-state index contributed by atoms with van der Waals surface area (Å²) in [5.74, 6) is 0.828. The number of hydrogen-bond donors (Lipinski definition) is 0. The monoisotopic (exact) mass is 343 g/mol. The van der Waals surface area contributed by atoms with Gasteiger partial charge in [-0.05, 0) is 30.3 Å². The lowest BCUT2D eigenvalue weighted by atomic mass is 10.2. The Bertz CT molecular complexity index is 826. The zero-order valence-electron chi connectivity index (χ0n) is 11.3. The van der Waals surface area contributed by atoms with Gasteiger partial charge < -0.3 is 9.30 Å². The molecular formula is C17H14BrNO2. The molecule has 0 saturated heterocycles. The number of rotatable bonds is 4. The van der Waals surface area contributed by atoms with Crippen LogP contribution < -0.4 is 10.2 Å². The second-order valence-electron chi connectivity index (χ2n) is 4.70. The summed E-state index contributed by atoms with van der Waals surface area (Å²) in [6.07, 6.45) is 1.81. The van der Waals surface area contributed by atoms with E-state index in [0.717, 1.165) is 21.1 Å². The van der Waals surface area contributed by atoms with E-state index < -0.39 is 0 Å². The molecule has 3 rings (SSSR count). The van der Waals surface area contributed by atoms with Crippen molar-refractivity contribution in [2.45, 2.75) is 6.54 Å². The van der Waals surface area contributed by atoms with Crippen molar-refractivity contribution in [2.24, 2.45) is 0 Å². The van der Waals surface area contributed by atoms with Gasteiger partial charge in [-0.3, -0.25) is 4.79 Å². The van der Waals surface area contributed by atoms with Gasteiger partial charge in [-0.15, -0.1) is 0 Å². The summed E-state index contributed by atoms with van der Waals surface area (Å²) in [6.45, 7) is 1.23. The first-order valence-electron chi connectivity index (χ1n) is 6.70. The largest absolute Gasteiger partial charge is 0.492 e. The van der Waals surface area contributed by atoms with Gasteiger partial charge >= 0.3 is 0 Å². The molecule has 106 valence electrons. The maximum absolute atomic E-state index is 11.8. The highest BCUT2D eigenvalue weighted by Crippen LogP contribution is 2.18. The van der Waals surface area contributed by atoms with Gasteiger partial charge in [0, 0.05) is 22.1 Å². The molecule has 0 aliphatic carbocycles. The number of para-hydroxylation sites is 1. The Morgan fingerprint density at radius 3 is 2.76 bits per heavy atom. The van der Waals surface area contributed by atoms with Crippen molar-refractivity contribution in [1.82, 2.24) is 4.57 Å². The van der Waals surface area contributed by atoms with Gasteiger partial charge in [0.2, 0.25) is 0 Å². The fraction of sp³-hybridized carbons (Fsp3) is 0.118. The minimum Gasteiger partial charge on any atom is -0.492 e.